The molecular weight excluding hydrogens is 548 g/mol. The molecule has 2 aliphatic heterocycles. The molecule has 11 nitrogen and oxygen atoms in total. The molecule has 0 saturated carbocycles. The van der Waals surface area contributed by atoms with Gasteiger partial charge in [-0.1, -0.05) is 30.3 Å². The third-order valence-electron chi connectivity index (χ3n) is 7.96. The van der Waals surface area contributed by atoms with Crippen molar-refractivity contribution in [2.24, 2.45) is 11.8 Å². The van der Waals surface area contributed by atoms with E-state index in [0.29, 0.717) is 22.6 Å². The van der Waals surface area contributed by atoms with Gasteiger partial charge in [0.05, 0.1) is 33.2 Å². The zero-order valence-electron chi connectivity index (χ0n) is 22.9. The van der Waals surface area contributed by atoms with E-state index in [1.54, 1.807) is 24.3 Å². The van der Waals surface area contributed by atoms with E-state index in [1.165, 1.54) is 14.2 Å². The molecule has 0 aromatic heterocycles. The van der Waals surface area contributed by atoms with Crippen molar-refractivity contribution in [3.05, 3.63) is 76.9 Å². The number of aliphatic carboxylic acids is 1. The van der Waals surface area contributed by atoms with Crippen LogP contribution in [0.15, 0.2) is 54.6 Å². The van der Waals surface area contributed by atoms with Gasteiger partial charge >= 0.3 is 18.1 Å². The van der Waals surface area contributed by atoms with Crippen molar-refractivity contribution in [3.63, 3.8) is 0 Å². The molecule has 3 aromatic carbocycles. The number of carbonyl (C=O) groups is 3. The number of carboxylic acid groups (broad SMARTS) is 1. The number of methoxy groups -OCH3 is 2. The maximum absolute atomic E-state index is 13.2. The van der Waals surface area contributed by atoms with Crippen LogP contribution in [0.5, 0.6) is 28.7 Å². The van der Waals surface area contributed by atoms with Crippen LogP contribution in [0.4, 0.5) is 4.79 Å². The van der Waals surface area contributed by atoms with Crippen LogP contribution in [0.2, 0.25) is 0 Å². The highest BCUT2D eigenvalue weighted by molar-refractivity contribution is 5.80. The quantitative estimate of drug-likeness (QED) is 0.297. The summed E-state index contributed by atoms with van der Waals surface area (Å²) in [6.45, 7) is 0.143. The van der Waals surface area contributed by atoms with Crippen molar-refractivity contribution >= 4 is 18.1 Å². The first kappa shape index (κ1) is 27.3. The molecule has 0 amide bonds. The molecule has 1 N–H and O–H groups in total. The fourth-order valence-corrected chi connectivity index (χ4v) is 6.14. The normalized spacial score (nSPS) is 21.5. The van der Waals surface area contributed by atoms with E-state index in [4.69, 9.17) is 33.2 Å². The third-order valence-corrected chi connectivity index (χ3v) is 7.96. The number of carboxylic acids is 1. The standard InChI is InChI=1S/C31H28O11/c1-36-24-8-17(9-25(37-2)29(24)42-31(35)39-13-16-6-4-3-5-7-16)27-20-11-23-22(40-15-41-23)10-18(20)19(12-26(32)33)21-14-38-30(34)28(21)27/h3-11,19,21,27-28H,12-15H2,1-2H3,(H,32,33)/t19-,21?,27-,28+/m1/s1. The van der Waals surface area contributed by atoms with E-state index < -0.39 is 41.8 Å². The Morgan fingerprint density at radius 1 is 0.929 bits per heavy atom. The Balaban J connectivity index is 1.40. The Kier molecular flexibility index (Phi) is 7.24. The molecule has 3 aromatic rings. The van der Waals surface area contributed by atoms with Crippen molar-refractivity contribution in [2.45, 2.75) is 24.9 Å². The zero-order chi connectivity index (χ0) is 29.4. The smallest absolute Gasteiger partial charge is 0.493 e. The highest BCUT2D eigenvalue weighted by Crippen LogP contribution is 2.57. The first-order valence-corrected chi connectivity index (χ1v) is 13.3. The lowest BCUT2D eigenvalue weighted by atomic mass is 9.62. The lowest BCUT2D eigenvalue weighted by Crippen LogP contribution is -2.35. The first-order chi connectivity index (χ1) is 20.4. The molecule has 1 fully saturated rings. The Hall–Kier alpha value is -4.93. The number of carbonyl (C=O) groups excluding carboxylic acids is 2. The van der Waals surface area contributed by atoms with E-state index in [-0.39, 0.29) is 43.7 Å². The first-order valence-electron chi connectivity index (χ1n) is 13.3. The van der Waals surface area contributed by atoms with Gasteiger partial charge in [-0.05, 0) is 46.5 Å². The minimum Gasteiger partial charge on any atom is -0.493 e. The van der Waals surface area contributed by atoms with Gasteiger partial charge in [0.15, 0.2) is 23.0 Å². The summed E-state index contributed by atoms with van der Waals surface area (Å²) in [7, 11) is 2.84. The van der Waals surface area contributed by atoms with Gasteiger partial charge in [-0.15, -0.1) is 0 Å². The van der Waals surface area contributed by atoms with E-state index in [2.05, 4.69) is 0 Å². The van der Waals surface area contributed by atoms with Gasteiger partial charge in [-0.3, -0.25) is 9.59 Å². The second kappa shape index (κ2) is 11.2. The molecule has 0 bridgehead atoms. The molecule has 0 spiro atoms. The molecule has 6 rings (SSSR count). The SMILES string of the molecule is COc1cc([C@@H]2c3cc4c(cc3[C@@H](CC(=O)O)C3COC(=O)[C@@H]32)OCO4)cc(OC)c1OC(=O)OCc1ccccc1. The Morgan fingerprint density at radius 2 is 1.60 bits per heavy atom. The van der Waals surface area contributed by atoms with Gasteiger partial charge in [-0.25, -0.2) is 4.79 Å². The minimum atomic E-state index is -0.982. The summed E-state index contributed by atoms with van der Waals surface area (Å²) < 4.78 is 38.7. The lowest BCUT2D eigenvalue weighted by Gasteiger charge is -2.38. The molecule has 11 heteroatoms. The maximum Gasteiger partial charge on any atom is 0.514 e. The van der Waals surface area contributed by atoms with Gasteiger partial charge in [-0.2, -0.15) is 0 Å². The molecule has 1 unspecified atom stereocenters. The second-order valence-electron chi connectivity index (χ2n) is 10.2. The number of ether oxygens (including phenoxy) is 7. The van der Waals surface area contributed by atoms with Crippen LogP contribution in [-0.2, 0) is 25.7 Å². The molecule has 1 saturated heterocycles. The molecule has 2 heterocycles. The maximum atomic E-state index is 13.2. The highest BCUT2D eigenvalue weighted by Gasteiger charge is 2.53. The Morgan fingerprint density at radius 3 is 2.24 bits per heavy atom. The van der Waals surface area contributed by atoms with Crippen molar-refractivity contribution in [1.29, 1.82) is 0 Å². The monoisotopic (exact) mass is 576 g/mol. The van der Waals surface area contributed by atoms with Crippen LogP contribution >= 0.6 is 0 Å². The van der Waals surface area contributed by atoms with Crippen LogP contribution in [0.1, 0.15) is 40.5 Å². The lowest BCUT2D eigenvalue weighted by molar-refractivity contribution is -0.142. The number of esters is 1. The Bertz CT molecular complexity index is 1510. The molecule has 42 heavy (non-hydrogen) atoms. The molecule has 1 aliphatic carbocycles. The molecule has 218 valence electrons. The average Bonchev–Trinajstić information content (AvgIpc) is 3.62. The van der Waals surface area contributed by atoms with E-state index in [0.717, 1.165) is 11.1 Å². The van der Waals surface area contributed by atoms with E-state index in [1.807, 2.05) is 30.3 Å². The second-order valence-corrected chi connectivity index (χ2v) is 10.2. The van der Waals surface area contributed by atoms with E-state index in [9.17, 15) is 19.5 Å². The summed E-state index contributed by atoms with van der Waals surface area (Å²) in [6.07, 6.45) is -1.13. The fraction of sp³-hybridized carbons (Fsp3) is 0.323. The van der Waals surface area contributed by atoms with Crippen molar-refractivity contribution < 1.29 is 52.6 Å². The number of fused-ring (bicyclic) bond motifs is 3. The van der Waals surface area contributed by atoms with Crippen molar-refractivity contribution in [1.82, 2.24) is 0 Å². The highest BCUT2D eigenvalue weighted by atomic mass is 16.7. The van der Waals surface area contributed by atoms with Crippen LogP contribution in [0.25, 0.3) is 0 Å². The van der Waals surface area contributed by atoms with Crippen LogP contribution in [0.3, 0.4) is 0 Å². The van der Waals surface area contributed by atoms with Crippen molar-refractivity contribution in [2.75, 3.05) is 27.6 Å². The predicted octanol–water partition coefficient (Wildman–Crippen LogP) is 4.64. The van der Waals surface area contributed by atoms with Crippen molar-refractivity contribution in [3.8, 4) is 28.7 Å². The van der Waals surface area contributed by atoms with Crippen LogP contribution in [-0.4, -0.2) is 50.8 Å². The fourth-order valence-electron chi connectivity index (χ4n) is 6.14. The largest absolute Gasteiger partial charge is 0.514 e. The van der Waals surface area contributed by atoms with E-state index >= 15 is 0 Å². The summed E-state index contributed by atoms with van der Waals surface area (Å²) in [5.41, 5.74) is 2.87. The van der Waals surface area contributed by atoms with Gasteiger partial charge < -0.3 is 38.3 Å². The molecule has 4 atom stereocenters. The number of hydrogen-bond donors (Lipinski definition) is 1. The summed E-state index contributed by atoms with van der Waals surface area (Å²) in [4.78, 5) is 37.7. The average molecular weight is 577 g/mol. The summed E-state index contributed by atoms with van der Waals surface area (Å²) >= 11 is 0. The number of rotatable bonds is 8. The molecule has 0 radical (unpaired) electrons. The zero-order valence-corrected chi connectivity index (χ0v) is 22.9. The summed E-state index contributed by atoms with van der Waals surface area (Å²) in [5.74, 6) is -2.15. The summed E-state index contributed by atoms with van der Waals surface area (Å²) in [5, 5.41) is 9.73. The van der Waals surface area contributed by atoms with Crippen LogP contribution in [0, 0.1) is 11.8 Å². The number of cyclic esters (lactones) is 1. The Labute approximate surface area is 240 Å². The van der Waals surface area contributed by atoms with Gasteiger partial charge in [0, 0.05) is 17.8 Å². The minimum absolute atomic E-state index is 0.0119. The molecule has 3 aliphatic rings. The summed E-state index contributed by atoms with van der Waals surface area (Å²) in [6, 6.07) is 16.1. The topological polar surface area (TPSA) is 136 Å². The molecular formula is C31H28O11. The number of benzene rings is 3. The third kappa shape index (κ3) is 4.91. The van der Waals surface area contributed by atoms with Gasteiger partial charge in [0.25, 0.3) is 0 Å². The van der Waals surface area contributed by atoms with Crippen LogP contribution < -0.4 is 23.7 Å². The van der Waals surface area contributed by atoms with Gasteiger partial charge in [0.1, 0.15) is 6.61 Å². The number of hydrogen-bond acceptors (Lipinski definition) is 10. The van der Waals surface area contributed by atoms with Gasteiger partial charge in [0.2, 0.25) is 12.5 Å². The predicted molar refractivity (Wildman–Crippen MR) is 144 cm³/mol.